The van der Waals surface area contributed by atoms with Crippen molar-refractivity contribution < 1.29 is 9.53 Å². The molecule has 0 spiro atoms. The molecule has 2 aromatic carbocycles. The molecular weight excluding hydrogens is 428 g/mol. The van der Waals surface area contributed by atoms with Gasteiger partial charge in [0.25, 0.3) is 5.91 Å². The van der Waals surface area contributed by atoms with Gasteiger partial charge in [0, 0.05) is 10.5 Å². The van der Waals surface area contributed by atoms with Crippen molar-refractivity contribution in [3.63, 3.8) is 0 Å². The Morgan fingerprint density at radius 3 is 2.52 bits per heavy atom. The Balaban J connectivity index is 1.59. The lowest BCUT2D eigenvalue weighted by atomic mass is 9.86. The maximum atomic E-state index is 12.5. The summed E-state index contributed by atoms with van der Waals surface area (Å²) < 4.78 is 6.83. The molecule has 4 nitrogen and oxygen atoms in total. The molecule has 0 unspecified atom stereocenters. The van der Waals surface area contributed by atoms with E-state index in [0.717, 1.165) is 40.6 Å². The third-order valence-electron chi connectivity index (χ3n) is 5.30. The molecule has 1 aliphatic rings. The average Bonchev–Trinajstić information content (AvgIpc) is 2.74. The number of ether oxygens (including phenoxy) is 1. The maximum absolute atomic E-state index is 12.5. The van der Waals surface area contributed by atoms with Crippen molar-refractivity contribution >= 4 is 27.9 Å². The van der Waals surface area contributed by atoms with Crippen LogP contribution in [-0.4, -0.2) is 11.9 Å². The number of rotatable bonds is 6. The summed E-state index contributed by atoms with van der Waals surface area (Å²) in [6.07, 6.45) is 6.07. The van der Waals surface area contributed by atoms with Crippen molar-refractivity contribution in [3.05, 3.63) is 69.7 Å². The number of carbonyl (C=O) groups is 1. The van der Waals surface area contributed by atoms with E-state index in [1.807, 2.05) is 54.6 Å². The van der Waals surface area contributed by atoms with Gasteiger partial charge in [-0.3, -0.25) is 4.79 Å². The predicted octanol–water partition coefficient (Wildman–Crippen LogP) is 5.63. The molecular formula is C24H25BrN2O2. The molecule has 0 aliphatic heterocycles. The van der Waals surface area contributed by atoms with Crippen LogP contribution in [0.1, 0.15) is 43.7 Å². The number of benzene rings is 2. The smallest absolute Gasteiger partial charge is 0.262 e. The molecule has 5 heteroatoms. The molecule has 2 aromatic rings. The molecule has 0 bridgehead atoms. The fourth-order valence-corrected chi connectivity index (χ4v) is 3.76. The number of nitrogens with zero attached hydrogens (tertiary/aromatic N) is 1. The summed E-state index contributed by atoms with van der Waals surface area (Å²) in [5.74, 6) is 0.903. The van der Waals surface area contributed by atoms with Crippen molar-refractivity contribution in [3.8, 4) is 11.8 Å². The van der Waals surface area contributed by atoms with Crippen LogP contribution in [-0.2, 0) is 11.4 Å². The zero-order valence-corrected chi connectivity index (χ0v) is 18.1. The zero-order chi connectivity index (χ0) is 20.6. The monoisotopic (exact) mass is 452 g/mol. The number of nitrogens with one attached hydrogen (secondary N) is 1. The second kappa shape index (κ2) is 10.3. The Bertz CT molecular complexity index is 898. The maximum Gasteiger partial charge on any atom is 0.262 e. The molecule has 29 heavy (non-hydrogen) atoms. The quantitative estimate of drug-likeness (QED) is 0.456. The van der Waals surface area contributed by atoms with E-state index in [2.05, 4.69) is 28.2 Å². The highest BCUT2D eigenvalue weighted by atomic mass is 79.9. The first-order chi connectivity index (χ1) is 14.0. The summed E-state index contributed by atoms with van der Waals surface area (Å²) in [6.45, 7) is 2.64. The molecule has 0 heterocycles. The van der Waals surface area contributed by atoms with E-state index >= 15 is 0 Å². The van der Waals surface area contributed by atoms with Gasteiger partial charge in [0.05, 0.1) is 0 Å². The molecule has 2 atom stereocenters. The van der Waals surface area contributed by atoms with Crippen LogP contribution in [0.4, 0.5) is 0 Å². The number of hydrogen-bond donors (Lipinski definition) is 1. The normalized spacial score (nSPS) is 19.3. The van der Waals surface area contributed by atoms with E-state index < -0.39 is 0 Å². The number of carbonyl (C=O) groups excluding carboxylic acids is 1. The SMILES string of the molecule is C[C@@H]1CCCC[C@H]1NC(=O)/C(C#N)=C/c1ccc(OCc2ccc(Br)cc2)cc1. The van der Waals surface area contributed by atoms with Gasteiger partial charge in [-0.1, -0.05) is 60.0 Å². The van der Waals surface area contributed by atoms with Gasteiger partial charge in [0.1, 0.15) is 24.0 Å². The zero-order valence-electron chi connectivity index (χ0n) is 16.5. The number of halogens is 1. The molecule has 1 amide bonds. The molecule has 1 aliphatic carbocycles. The first-order valence-electron chi connectivity index (χ1n) is 9.95. The third-order valence-corrected chi connectivity index (χ3v) is 5.83. The number of amides is 1. The highest BCUT2D eigenvalue weighted by Gasteiger charge is 2.24. The summed E-state index contributed by atoms with van der Waals surface area (Å²) in [6, 6.07) is 17.6. The fourth-order valence-electron chi connectivity index (χ4n) is 3.50. The van der Waals surface area contributed by atoms with Crippen molar-refractivity contribution in [1.82, 2.24) is 5.32 Å². The summed E-state index contributed by atoms with van der Waals surface area (Å²) >= 11 is 3.42. The standard InChI is InChI=1S/C24H25BrN2O2/c1-17-4-2-3-5-23(17)27-24(28)20(15-26)14-18-8-12-22(13-9-18)29-16-19-6-10-21(25)11-7-19/h6-14,17,23H,2-5,16H2,1H3,(H,27,28)/b20-14+/t17-,23-/m1/s1. The molecule has 1 fully saturated rings. The lowest BCUT2D eigenvalue weighted by molar-refractivity contribution is -0.118. The van der Waals surface area contributed by atoms with Crippen molar-refractivity contribution in [1.29, 1.82) is 5.26 Å². The minimum Gasteiger partial charge on any atom is -0.489 e. The highest BCUT2D eigenvalue weighted by molar-refractivity contribution is 9.10. The van der Waals surface area contributed by atoms with Crippen LogP contribution in [0.3, 0.4) is 0 Å². The van der Waals surface area contributed by atoms with Crippen LogP contribution in [0.15, 0.2) is 58.6 Å². The predicted molar refractivity (Wildman–Crippen MR) is 118 cm³/mol. The van der Waals surface area contributed by atoms with E-state index in [-0.39, 0.29) is 17.5 Å². The van der Waals surface area contributed by atoms with Crippen LogP contribution >= 0.6 is 15.9 Å². The Morgan fingerprint density at radius 2 is 1.86 bits per heavy atom. The van der Waals surface area contributed by atoms with Gasteiger partial charge in [0.2, 0.25) is 0 Å². The minimum absolute atomic E-state index is 0.131. The van der Waals surface area contributed by atoms with Crippen molar-refractivity contribution in [2.45, 2.75) is 45.3 Å². The third kappa shape index (κ3) is 6.20. The summed E-state index contributed by atoms with van der Waals surface area (Å²) in [4.78, 5) is 12.5. The van der Waals surface area contributed by atoms with E-state index in [1.54, 1.807) is 6.08 Å². The minimum atomic E-state index is -0.290. The van der Waals surface area contributed by atoms with E-state index in [4.69, 9.17) is 4.74 Å². The molecule has 0 aromatic heterocycles. The van der Waals surface area contributed by atoms with Crippen LogP contribution in [0.25, 0.3) is 6.08 Å². The first-order valence-corrected chi connectivity index (χ1v) is 10.7. The Morgan fingerprint density at radius 1 is 1.17 bits per heavy atom. The van der Waals surface area contributed by atoms with Gasteiger partial charge in [-0.15, -0.1) is 0 Å². The number of hydrogen-bond acceptors (Lipinski definition) is 3. The van der Waals surface area contributed by atoms with Crippen LogP contribution in [0.2, 0.25) is 0 Å². The van der Waals surface area contributed by atoms with Crippen molar-refractivity contribution in [2.75, 3.05) is 0 Å². The van der Waals surface area contributed by atoms with Gasteiger partial charge < -0.3 is 10.1 Å². The van der Waals surface area contributed by atoms with Crippen LogP contribution in [0, 0.1) is 17.2 Å². The lowest BCUT2D eigenvalue weighted by Gasteiger charge is -2.29. The van der Waals surface area contributed by atoms with E-state index in [1.165, 1.54) is 6.42 Å². The van der Waals surface area contributed by atoms with Gasteiger partial charge in [0.15, 0.2) is 0 Å². The lowest BCUT2D eigenvalue weighted by Crippen LogP contribution is -2.41. The molecule has 0 saturated heterocycles. The van der Waals surface area contributed by atoms with Gasteiger partial charge in [-0.2, -0.15) is 5.26 Å². The second-order valence-electron chi connectivity index (χ2n) is 7.50. The molecule has 150 valence electrons. The molecule has 1 saturated carbocycles. The average molecular weight is 453 g/mol. The Labute approximate surface area is 180 Å². The topological polar surface area (TPSA) is 62.1 Å². The first kappa shape index (κ1) is 21.1. The number of nitriles is 1. The van der Waals surface area contributed by atoms with Gasteiger partial charge in [-0.05, 0) is 60.2 Å². The highest BCUT2D eigenvalue weighted by Crippen LogP contribution is 2.24. The van der Waals surface area contributed by atoms with E-state index in [0.29, 0.717) is 12.5 Å². The summed E-state index contributed by atoms with van der Waals surface area (Å²) in [5.41, 5.74) is 2.01. The molecule has 0 radical (unpaired) electrons. The van der Waals surface area contributed by atoms with Crippen LogP contribution < -0.4 is 10.1 Å². The summed E-state index contributed by atoms with van der Waals surface area (Å²) in [5, 5.41) is 12.5. The molecule has 3 rings (SSSR count). The Kier molecular flexibility index (Phi) is 7.48. The van der Waals surface area contributed by atoms with E-state index in [9.17, 15) is 10.1 Å². The van der Waals surface area contributed by atoms with Crippen molar-refractivity contribution in [2.24, 2.45) is 5.92 Å². The Hall–Kier alpha value is -2.58. The second-order valence-corrected chi connectivity index (χ2v) is 8.41. The molecule has 1 N–H and O–H groups in total. The van der Waals surface area contributed by atoms with Gasteiger partial charge >= 0.3 is 0 Å². The largest absolute Gasteiger partial charge is 0.489 e. The summed E-state index contributed by atoms with van der Waals surface area (Å²) in [7, 11) is 0. The van der Waals surface area contributed by atoms with Crippen LogP contribution in [0.5, 0.6) is 5.75 Å². The van der Waals surface area contributed by atoms with Gasteiger partial charge in [-0.25, -0.2) is 0 Å². The fraction of sp³-hybridized carbons (Fsp3) is 0.333.